The molecule has 6 atom stereocenters. The van der Waals surface area contributed by atoms with Gasteiger partial charge < -0.3 is 42.2 Å². The van der Waals surface area contributed by atoms with Gasteiger partial charge in [0.2, 0.25) is 0 Å². The van der Waals surface area contributed by atoms with Gasteiger partial charge in [0.25, 0.3) is 14.1 Å². The molecule has 2 unspecified atom stereocenters. The zero-order valence-corrected chi connectivity index (χ0v) is 43.0. The van der Waals surface area contributed by atoms with E-state index in [0.29, 0.717) is 11.5 Å². The summed E-state index contributed by atoms with van der Waals surface area (Å²) in [5.74, 6) is -0.123. The Bertz CT molecular complexity index is 2830. The summed E-state index contributed by atoms with van der Waals surface area (Å²) in [5, 5.41) is 9.62. The number of esters is 2. The van der Waals surface area contributed by atoms with Crippen LogP contribution in [0.1, 0.15) is 77.8 Å². The Labute approximate surface area is 431 Å². The molecule has 0 radical (unpaired) electrons. The van der Waals surface area contributed by atoms with Gasteiger partial charge in [-0.1, -0.05) is 91.0 Å². The van der Waals surface area contributed by atoms with E-state index in [1.54, 1.807) is 74.9 Å². The first kappa shape index (κ1) is 54.8. The fourth-order valence-electron chi connectivity index (χ4n) is 8.63. The predicted molar refractivity (Wildman–Crippen MR) is 276 cm³/mol. The molecule has 0 aliphatic carbocycles. The summed E-state index contributed by atoms with van der Waals surface area (Å²) >= 11 is 0. The number of rotatable bonds is 25. The maximum Gasteiger partial charge on any atom is 0.338 e. The minimum Gasteiger partial charge on any atom is -0.497 e. The van der Waals surface area contributed by atoms with E-state index in [4.69, 9.17) is 42.2 Å². The standard InChI is InChI=1S/C56H61N4O13P/c1-38(2)60(39(3)4)74(70-34-16-32-57)73-50-48(37-69-56(42-21-14-9-15-22-42,43-23-27-45(65-5)28-24-43)44-25-29-46(66-6)30-26-44)72-52(59-33-31-49(61)58-55(59)64)51(50)67-35-47(71-54(63)41-19-12-8-13-20-41)36-68-53(62)40-17-10-7-11-18-40/h7-15,17-31,33,38-39,47-48,50-52H,16,34-37H2,1-6H3,(H,58,61,64)/t47?,48-,50-,51-,52-,74?/m1/s1. The smallest absolute Gasteiger partial charge is 0.338 e. The van der Waals surface area contributed by atoms with Crippen molar-refractivity contribution in [3.63, 3.8) is 0 Å². The lowest BCUT2D eigenvalue weighted by molar-refractivity contribution is -0.106. The van der Waals surface area contributed by atoms with Crippen molar-refractivity contribution in [2.75, 3.05) is 40.6 Å². The van der Waals surface area contributed by atoms with Gasteiger partial charge in [-0.05, 0) is 92.9 Å². The molecule has 17 nitrogen and oxygen atoms in total. The van der Waals surface area contributed by atoms with Gasteiger partial charge in [0, 0.05) is 24.3 Å². The maximum atomic E-state index is 13.9. The van der Waals surface area contributed by atoms with Gasteiger partial charge in [-0.15, -0.1) is 0 Å². The van der Waals surface area contributed by atoms with Crippen LogP contribution in [-0.4, -0.2) is 103 Å². The monoisotopic (exact) mass is 1030 g/mol. The number of aromatic nitrogens is 2. The Kier molecular flexibility index (Phi) is 19.5. The first-order valence-electron chi connectivity index (χ1n) is 24.2. The highest BCUT2D eigenvalue weighted by Crippen LogP contribution is 2.51. The number of carbonyl (C=O) groups excluding carboxylic acids is 2. The van der Waals surface area contributed by atoms with E-state index in [0.717, 1.165) is 16.7 Å². The molecule has 0 spiro atoms. The Morgan fingerprint density at radius 2 is 1.27 bits per heavy atom. The van der Waals surface area contributed by atoms with Crippen LogP contribution in [0.15, 0.2) is 161 Å². The van der Waals surface area contributed by atoms with Crippen LogP contribution >= 0.6 is 8.53 Å². The van der Waals surface area contributed by atoms with Crippen LogP contribution in [-0.2, 0) is 38.3 Å². The molecule has 1 aliphatic rings. The van der Waals surface area contributed by atoms with Crippen molar-refractivity contribution in [2.24, 2.45) is 0 Å². The minimum atomic E-state index is -2.03. The average Bonchev–Trinajstić information content (AvgIpc) is 3.76. The van der Waals surface area contributed by atoms with Gasteiger partial charge in [-0.2, -0.15) is 5.26 Å². The lowest BCUT2D eigenvalue weighted by atomic mass is 9.80. The molecule has 388 valence electrons. The summed E-state index contributed by atoms with van der Waals surface area (Å²) in [7, 11) is 1.14. The molecular formula is C56H61N4O13P. The largest absolute Gasteiger partial charge is 0.497 e. The van der Waals surface area contributed by atoms with Crippen molar-refractivity contribution < 1.29 is 51.8 Å². The number of aromatic amines is 1. The van der Waals surface area contributed by atoms with Crippen LogP contribution in [0.25, 0.3) is 0 Å². The van der Waals surface area contributed by atoms with Gasteiger partial charge >= 0.3 is 17.6 Å². The third kappa shape index (κ3) is 13.4. The summed E-state index contributed by atoms with van der Waals surface area (Å²) in [6.45, 7) is 6.94. The highest BCUT2D eigenvalue weighted by molar-refractivity contribution is 7.44. The van der Waals surface area contributed by atoms with Crippen LogP contribution in [0.5, 0.6) is 11.5 Å². The molecule has 74 heavy (non-hydrogen) atoms. The zero-order valence-electron chi connectivity index (χ0n) is 42.1. The van der Waals surface area contributed by atoms with Crippen molar-refractivity contribution in [3.05, 3.63) is 200 Å². The number of nitriles is 1. The molecule has 1 saturated heterocycles. The minimum absolute atomic E-state index is 0.0254. The Morgan fingerprint density at radius 3 is 1.80 bits per heavy atom. The highest BCUT2D eigenvalue weighted by Gasteiger charge is 2.52. The predicted octanol–water partition coefficient (Wildman–Crippen LogP) is 8.59. The van der Waals surface area contributed by atoms with Gasteiger partial charge in [0.15, 0.2) is 12.3 Å². The first-order valence-corrected chi connectivity index (χ1v) is 25.3. The van der Waals surface area contributed by atoms with Crippen molar-refractivity contribution in [1.29, 1.82) is 5.26 Å². The molecule has 1 N–H and O–H groups in total. The fourth-order valence-corrected chi connectivity index (χ4v) is 10.4. The topological polar surface area (TPSA) is 199 Å². The van der Waals surface area contributed by atoms with E-state index < -0.39 is 81.2 Å². The molecule has 1 aromatic heterocycles. The number of nitrogens with zero attached hydrogens (tertiary/aromatic N) is 3. The molecule has 2 heterocycles. The number of benzene rings is 5. The highest BCUT2D eigenvalue weighted by atomic mass is 31.2. The second-order valence-electron chi connectivity index (χ2n) is 17.7. The Balaban J connectivity index is 1.35. The number of nitrogens with one attached hydrogen (secondary N) is 1. The second-order valence-corrected chi connectivity index (χ2v) is 19.1. The molecule has 5 aromatic carbocycles. The van der Waals surface area contributed by atoms with Crippen molar-refractivity contribution >= 4 is 20.5 Å². The molecule has 6 aromatic rings. The Hall–Kier alpha value is -7.00. The summed E-state index contributed by atoms with van der Waals surface area (Å²) in [6.07, 6.45) is -4.69. The molecule has 18 heteroatoms. The van der Waals surface area contributed by atoms with Gasteiger partial charge in [0.05, 0.1) is 57.7 Å². The second kappa shape index (κ2) is 26.3. The van der Waals surface area contributed by atoms with Crippen molar-refractivity contribution in [3.8, 4) is 17.6 Å². The number of hydrogen-bond acceptors (Lipinski definition) is 15. The van der Waals surface area contributed by atoms with E-state index in [1.165, 1.54) is 16.8 Å². The lowest BCUT2D eigenvalue weighted by Gasteiger charge is -2.39. The van der Waals surface area contributed by atoms with Crippen LogP contribution in [0.2, 0.25) is 0 Å². The molecule has 0 amide bonds. The molecule has 0 bridgehead atoms. The van der Waals surface area contributed by atoms with Crippen LogP contribution in [0.4, 0.5) is 0 Å². The van der Waals surface area contributed by atoms with Gasteiger partial charge in [0.1, 0.15) is 42.0 Å². The Morgan fingerprint density at radius 1 is 0.730 bits per heavy atom. The summed E-state index contributed by atoms with van der Waals surface area (Å²) in [6, 6.07) is 44.4. The SMILES string of the molecule is COc1ccc(C(OC[C@H]2O[C@@H](n3ccc(=O)[nH]c3=O)[C@H](OCC(COC(=O)c3ccccc3)OC(=O)c3ccccc3)[C@@H]2OP(OCCC#N)N(C(C)C)C(C)C)(c2ccccc2)c2ccc(OC)cc2)cc1. The molecule has 1 aliphatic heterocycles. The molecule has 1 fully saturated rings. The first-order chi connectivity index (χ1) is 35.9. The van der Waals surface area contributed by atoms with Crippen molar-refractivity contribution in [2.45, 2.75) is 82.4 Å². The number of methoxy groups -OCH3 is 2. The number of ether oxygens (including phenoxy) is 7. The van der Waals surface area contributed by atoms with Crippen LogP contribution in [0, 0.1) is 11.3 Å². The van der Waals surface area contributed by atoms with E-state index in [-0.39, 0.29) is 42.8 Å². The zero-order chi connectivity index (χ0) is 52.6. The lowest BCUT2D eigenvalue weighted by Crippen LogP contribution is -2.44. The maximum absolute atomic E-state index is 13.9. The van der Waals surface area contributed by atoms with E-state index in [9.17, 15) is 24.4 Å². The fraction of sp³-hybridized carbons (Fsp3) is 0.339. The average molecular weight is 1030 g/mol. The summed E-state index contributed by atoms with van der Waals surface area (Å²) < 4.78 is 60.9. The van der Waals surface area contributed by atoms with E-state index in [2.05, 4.69) is 11.1 Å². The van der Waals surface area contributed by atoms with Gasteiger partial charge in [-0.25, -0.2) is 19.1 Å². The molecular weight excluding hydrogens is 968 g/mol. The number of carbonyl (C=O) groups is 2. The van der Waals surface area contributed by atoms with Crippen LogP contribution in [0.3, 0.4) is 0 Å². The summed E-state index contributed by atoms with van der Waals surface area (Å²) in [5.41, 5.74) is -0.0631. The molecule has 7 rings (SSSR count). The number of hydrogen-bond donors (Lipinski definition) is 1. The third-order valence-electron chi connectivity index (χ3n) is 12.1. The van der Waals surface area contributed by atoms with Crippen molar-refractivity contribution in [1.82, 2.24) is 14.2 Å². The number of H-pyrrole nitrogens is 1. The normalized spacial score (nSPS) is 17.4. The van der Waals surface area contributed by atoms with E-state index >= 15 is 0 Å². The van der Waals surface area contributed by atoms with Crippen LogP contribution < -0.4 is 20.7 Å². The van der Waals surface area contributed by atoms with Gasteiger partial charge in [-0.3, -0.25) is 14.3 Å². The van der Waals surface area contributed by atoms with E-state index in [1.807, 2.05) is 111 Å². The third-order valence-corrected chi connectivity index (χ3v) is 14.2. The summed E-state index contributed by atoms with van der Waals surface area (Å²) in [4.78, 5) is 55.8. The molecule has 0 saturated carbocycles. The quantitative estimate of drug-likeness (QED) is 0.0247.